The molecule has 2 nitrogen and oxygen atoms in total. The van der Waals surface area contributed by atoms with Crippen LogP contribution in [0.2, 0.25) is 0 Å². The van der Waals surface area contributed by atoms with E-state index in [-0.39, 0.29) is 5.41 Å². The average molecular weight is 578 g/mol. The fourth-order valence-electron chi connectivity index (χ4n) is 7.11. The third-order valence-corrected chi connectivity index (χ3v) is 9.48. The van der Waals surface area contributed by atoms with Gasteiger partial charge in [-0.2, -0.15) is 0 Å². The molecule has 7 aromatic carbocycles. The maximum Gasteiger partial charge on any atom is 0.143 e. The van der Waals surface area contributed by atoms with Crippen LogP contribution in [0.25, 0.3) is 87.8 Å². The van der Waals surface area contributed by atoms with Crippen molar-refractivity contribution in [3.05, 3.63) is 139 Å². The Kier molecular flexibility index (Phi) is 5.49. The molecular formula is C43H31NO. The maximum atomic E-state index is 6.31. The lowest BCUT2D eigenvalue weighted by atomic mass is 9.85. The van der Waals surface area contributed by atoms with Crippen LogP contribution in [-0.4, -0.2) is 4.98 Å². The van der Waals surface area contributed by atoms with Gasteiger partial charge in [0.25, 0.3) is 0 Å². The molecule has 0 unspecified atom stereocenters. The highest BCUT2D eigenvalue weighted by atomic mass is 16.3. The third-order valence-electron chi connectivity index (χ3n) is 9.48. The van der Waals surface area contributed by atoms with Gasteiger partial charge >= 0.3 is 0 Å². The topological polar surface area (TPSA) is 26.0 Å². The Morgan fingerprint density at radius 1 is 0.489 bits per heavy atom. The van der Waals surface area contributed by atoms with Crippen LogP contribution in [0, 0.1) is 0 Å². The van der Waals surface area contributed by atoms with Crippen LogP contribution in [0.15, 0.2) is 138 Å². The Morgan fingerprint density at radius 2 is 1.13 bits per heavy atom. The molecule has 0 aliphatic heterocycles. The van der Waals surface area contributed by atoms with E-state index in [1.54, 1.807) is 0 Å². The number of aromatic nitrogens is 1. The van der Waals surface area contributed by atoms with Gasteiger partial charge in [-0.1, -0.05) is 136 Å². The van der Waals surface area contributed by atoms with Gasteiger partial charge in [0.05, 0.1) is 5.69 Å². The van der Waals surface area contributed by atoms with Crippen molar-refractivity contribution in [1.82, 2.24) is 4.98 Å². The molecule has 9 aromatic rings. The first-order valence-electron chi connectivity index (χ1n) is 15.6. The smallest absolute Gasteiger partial charge is 0.143 e. The van der Waals surface area contributed by atoms with Crippen molar-refractivity contribution in [2.75, 3.05) is 0 Å². The van der Waals surface area contributed by atoms with E-state index in [4.69, 9.17) is 9.40 Å². The predicted molar refractivity (Wildman–Crippen MR) is 190 cm³/mol. The molecule has 0 spiro atoms. The van der Waals surface area contributed by atoms with Crippen molar-refractivity contribution in [3.63, 3.8) is 0 Å². The van der Waals surface area contributed by atoms with Gasteiger partial charge < -0.3 is 4.42 Å². The number of hydrogen-bond acceptors (Lipinski definition) is 2. The van der Waals surface area contributed by atoms with Gasteiger partial charge in [-0.15, -0.1) is 0 Å². The molecule has 0 N–H and O–H groups in total. The molecule has 2 aromatic heterocycles. The molecule has 0 saturated carbocycles. The van der Waals surface area contributed by atoms with Crippen molar-refractivity contribution in [3.8, 4) is 33.5 Å². The van der Waals surface area contributed by atoms with Crippen molar-refractivity contribution < 1.29 is 4.42 Å². The van der Waals surface area contributed by atoms with Gasteiger partial charge in [0.1, 0.15) is 11.2 Å². The maximum absolute atomic E-state index is 6.31. The summed E-state index contributed by atoms with van der Waals surface area (Å²) in [7, 11) is 0. The number of para-hydroxylation sites is 2. The van der Waals surface area contributed by atoms with Crippen molar-refractivity contribution >= 4 is 54.3 Å². The molecule has 2 heteroatoms. The van der Waals surface area contributed by atoms with E-state index in [2.05, 4.69) is 136 Å². The number of nitrogens with zero attached hydrogens (tertiary/aromatic N) is 1. The van der Waals surface area contributed by atoms with Crippen LogP contribution in [0.1, 0.15) is 26.3 Å². The van der Waals surface area contributed by atoms with Gasteiger partial charge in [-0.05, 0) is 66.6 Å². The minimum absolute atomic E-state index is 0.130. The lowest BCUT2D eigenvalue weighted by Gasteiger charge is -2.20. The molecule has 0 aliphatic carbocycles. The van der Waals surface area contributed by atoms with E-state index in [9.17, 15) is 0 Å². The molecular weight excluding hydrogens is 546 g/mol. The van der Waals surface area contributed by atoms with Crippen LogP contribution in [0.3, 0.4) is 0 Å². The van der Waals surface area contributed by atoms with Crippen molar-refractivity contribution in [2.45, 2.75) is 26.2 Å². The number of fused-ring (bicyclic) bond motifs is 3. The lowest BCUT2D eigenvalue weighted by molar-refractivity contribution is 0.590. The number of hydrogen-bond donors (Lipinski definition) is 0. The molecule has 0 aliphatic rings. The van der Waals surface area contributed by atoms with Crippen LogP contribution < -0.4 is 0 Å². The van der Waals surface area contributed by atoms with Gasteiger partial charge in [0.15, 0.2) is 0 Å². The largest absolute Gasteiger partial charge is 0.455 e. The molecule has 0 radical (unpaired) electrons. The van der Waals surface area contributed by atoms with Crippen LogP contribution in [0.5, 0.6) is 0 Å². The third kappa shape index (κ3) is 3.99. The van der Waals surface area contributed by atoms with E-state index in [1.807, 2.05) is 18.3 Å². The molecule has 0 atom stereocenters. The molecule has 0 saturated heterocycles. The molecule has 9 rings (SSSR count). The second-order valence-corrected chi connectivity index (χ2v) is 13.2. The summed E-state index contributed by atoms with van der Waals surface area (Å²) in [6, 6.07) is 46.1. The summed E-state index contributed by atoms with van der Waals surface area (Å²) in [6.07, 6.45) is 1.98. The standard InChI is InChI=1S/C43H31NO/c1-43(2,3)30-18-11-26(12-19-30)31-20-13-27-16-23-36-33(21-14-28-15-22-35(31)40(27)41(28)36)38-24-17-29(25-44-38)32-8-6-9-37-34-7-4-5-10-39(34)45-42(32)37/h4-25H,1-3H3. The SMILES string of the molecule is CC(C)(C)c1ccc(-c2ccc3ccc4c(-c5ccc(-c6cccc7c6oc6ccccc67)cn5)ccc5ccc2c3c54)cc1. The minimum Gasteiger partial charge on any atom is -0.455 e. The first kappa shape index (κ1) is 26.0. The zero-order valence-corrected chi connectivity index (χ0v) is 25.6. The Balaban J connectivity index is 1.17. The number of furan rings is 1. The van der Waals surface area contributed by atoms with Gasteiger partial charge in [-0.3, -0.25) is 4.98 Å². The first-order valence-corrected chi connectivity index (χ1v) is 15.6. The number of benzene rings is 7. The molecule has 45 heavy (non-hydrogen) atoms. The fourth-order valence-corrected chi connectivity index (χ4v) is 7.11. The van der Waals surface area contributed by atoms with Gasteiger partial charge in [0.2, 0.25) is 0 Å². The van der Waals surface area contributed by atoms with Crippen LogP contribution in [0.4, 0.5) is 0 Å². The van der Waals surface area contributed by atoms with Crippen molar-refractivity contribution in [1.29, 1.82) is 0 Å². The first-order chi connectivity index (χ1) is 21.9. The summed E-state index contributed by atoms with van der Waals surface area (Å²) in [6.45, 7) is 6.79. The fraction of sp³-hybridized carbons (Fsp3) is 0.0930. The zero-order chi connectivity index (χ0) is 30.3. The normalized spacial score (nSPS) is 12.3. The summed E-state index contributed by atoms with van der Waals surface area (Å²) in [4.78, 5) is 5.02. The second-order valence-electron chi connectivity index (χ2n) is 13.2. The van der Waals surface area contributed by atoms with E-state index in [1.165, 1.54) is 49.0 Å². The number of pyridine rings is 1. The van der Waals surface area contributed by atoms with E-state index >= 15 is 0 Å². The molecule has 2 heterocycles. The quantitative estimate of drug-likeness (QED) is 0.195. The van der Waals surface area contributed by atoms with Crippen molar-refractivity contribution in [2.24, 2.45) is 0 Å². The van der Waals surface area contributed by atoms with E-state index in [0.717, 1.165) is 44.3 Å². The molecule has 0 amide bonds. The highest BCUT2D eigenvalue weighted by Crippen LogP contribution is 2.43. The lowest BCUT2D eigenvalue weighted by Crippen LogP contribution is -2.10. The monoisotopic (exact) mass is 577 g/mol. The van der Waals surface area contributed by atoms with Crippen LogP contribution in [-0.2, 0) is 5.41 Å². The van der Waals surface area contributed by atoms with E-state index < -0.39 is 0 Å². The Labute approximate surface area is 261 Å². The predicted octanol–water partition coefficient (Wildman–Crippen LogP) is 12.2. The van der Waals surface area contributed by atoms with Gasteiger partial charge in [-0.25, -0.2) is 0 Å². The highest BCUT2D eigenvalue weighted by Gasteiger charge is 2.18. The summed E-state index contributed by atoms with van der Waals surface area (Å²) in [5.74, 6) is 0. The Hall–Kier alpha value is -5.47. The summed E-state index contributed by atoms with van der Waals surface area (Å²) >= 11 is 0. The highest BCUT2D eigenvalue weighted by molar-refractivity contribution is 6.27. The second kappa shape index (κ2) is 9.51. The summed E-state index contributed by atoms with van der Waals surface area (Å²) in [5.41, 5.74) is 10.0. The average Bonchev–Trinajstić information content (AvgIpc) is 3.46. The minimum atomic E-state index is 0.130. The van der Waals surface area contributed by atoms with Crippen LogP contribution >= 0.6 is 0 Å². The summed E-state index contributed by atoms with van der Waals surface area (Å²) < 4.78 is 6.31. The Morgan fingerprint density at radius 3 is 1.84 bits per heavy atom. The van der Waals surface area contributed by atoms with E-state index in [0.29, 0.717) is 0 Å². The molecule has 214 valence electrons. The molecule has 0 bridgehead atoms. The zero-order valence-electron chi connectivity index (χ0n) is 25.6. The number of rotatable bonds is 3. The molecule has 0 fully saturated rings. The Bertz CT molecular complexity index is 2550. The summed E-state index contributed by atoms with van der Waals surface area (Å²) in [5, 5.41) is 9.91. The van der Waals surface area contributed by atoms with Gasteiger partial charge in [0, 0.05) is 33.7 Å².